The zero-order chi connectivity index (χ0) is 9.97. The van der Waals surface area contributed by atoms with Crippen molar-refractivity contribution in [2.75, 3.05) is 0 Å². The van der Waals surface area contributed by atoms with Gasteiger partial charge in [0.15, 0.2) is 0 Å². The van der Waals surface area contributed by atoms with Crippen LogP contribution in [0.5, 0.6) is 0 Å². The van der Waals surface area contributed by atoms with E-state index in [-0.39, 0.29) is 0 Å². The molecule has 4 heteroatoms. The number of nitrogens with zero attached hydrogens (tertiary/aromatic N) is 3. The van der Waals surface area contributed by atoms with Crippen LogP contribution in [0.4, 0.5) is 0 Å². The van der Waals surface area contributed by atoms with Crippen molar-refractivity contribution < 1.29 is 0 Å². The van der Waals surface area contributed by atoms with Crippen LogP contribution < -0.4 is 0 Å². The van der Waals surface area contributed by atoms with E-state index in [0.29, 0.717) is 5.15 Å². The minimum atomic E-state index is 0.485. The van der Waals surface area contributed by atoms with Crippen molar-refractivity contribution in [2.45, 2.75) is 6.92 Å². The van der Waals surface area contributed by atoms with Crippen molar-refractivity contribution in [3.05, 3.63) is 41.6 Å². The normalized spacial score (nSPS) is 10.1. The van der Waals surface area contributed by atoms with Crippen LogP contribution in [0.3, 0.4) is 0 Å². The largest absolute Gasteiger partial charge is 0.264 e. The monoisotopic (exact) mass is 205 g/mol. The third-order valence-corrected chi connectivity index (χ3v) is 2.34. The highest BCUT2D eigenvalue weighted by Crippen LogP contribution is 2.23. The number of pyridine rings is 1. The number of hydrogen-bond donors (Lipinski definition) is 0. The number of aromatic nitrogens is 3. The molecule has 2 aromatic heterocycles. The molecular weight excluding hydrogens is 198 g/mol. The Hall–Kier alpha value is -1.48. The van der Waals surface area contributed by atoms with Crippen LogP contribution >= 0.6 is 11.6 Å². The van der Waals surface area contributed by atoms with Crippen LogP contribution in [-0.2, 0) is 0 Å². The molecule has 2 aromatic rings. The lowest BCUT2D eigenvalue weighted by Crippen LogP contribution is -1.91. The van der Waals surface area contributed by atoms with Gasteiger partial charge in [-0.2, -0.15) is 0 Å². The Balaban J connectivity index is 2.58. The second-order valence-electron chi connectivity index (χ2n) is 2.88. The third kappa shape index (κ3) is 1.59. The second-order valence-corrected chi connectivity index (χ2v) is 3.24. The molecule has 0 unspecified atom stereocenters. The summed E-state index contributed by atoms with van der Waals surface area (Å²) in [5, 5.41) is 0.485. The van der Waals surface area contributed by atoms with Gasteiger partial charge in [0, 0.05) is 23.5 Å². The van der Waals surface area contributed by atoms with E-state index < -0.39 is 0 Å². The molecule has 0 aromatic carbocycles. The molecule has 3 nitrogen and oxygen atoms in total. The summed E-state index contributed by atoms with van der Waals surface area (Å²) in [6.07, 6.45) is 4.94. The van der Waals surface area contributed by atoms with Crippen LogP contribution in [0, 0.1) is 6.92 Å². The first-order valence-corrected chi connectivity index (χ1v) is 4.54. The molecule has 14 heavy (non-hydrogen) atoms. The molecule has 0 N–H and O–H groups in total. The third-order valence-electron chi connectivity index (χ3n) is 1.96. The quantitative estimate of drug-likeness (QED) is 0.672. The van der Waals surface area contributed by atoms with Gasteiger partial charge in [0.25, 0.3) is 0 Å². The molecule has 0 spiro atoms. The van der Waals surface area contributed by atoms with E-state index in [2.05, 4.69) is 15.0 Å². The number of rotatable bonds is 1. The molecule has 0 saturated carbocycles. The summed E-state index contributed by atoms with van der Waals surface area (Å²) in [7, 11) is 0. The molecule has 0 saturated heterocycles. The number of hydrogen-bond acceptors (Lipinski definition) is 3. The smallest absolute Gasteiger partial charge is 0.135 e. The zero-order valence-electron chi connectivity index (χ0n) is 7.61. The minimum absolute atomic E-state index is 0.485. The van der Waals surface area contributed by atoms with Gasteiger partial charge < -0.3 is 0 Å². The molecular formula is C10H8ClN3. The highest BCUT2D eigenvalue weighted by molar-refractivity contribution is 6.30. The standard InChI is InChI=1S/C10H8ClN3/c1-7-9(13-6-14-10(7)11)8-3-2-4-12-5-8/h2-6H,1H3. The van der Waals surface area contributed by atoms with Gasteiger partial charge in [-0.25, -0.2) is 9.97 Å². The minimum Gasteiger partial charge on any atom is -0.264 e. The van der Waals surface area contributed by atoms with Gasteiger partial charge in [0.1, 0.15) is 11.5 Å². The summed E-state index contributed by atoms with van der Waals surface area (Å²) < 4.78 is 0. The van der Waals surface area contributed by atoms with E-state index in [1.165, 1.54) is 6.33 Å². The van der Waals surface area contributed by atoms with Crippen LogP contribution in [0.15, 0.2) is 30.9 Å². The first kappa shape index (κ1) is 9.09. The lowest BCUT2D eigenvalue weighted by atomic mass is 10.1. The Morgan fingerprint density at radius 3 is 2.86 bits per heavy atom. The van der Waals surface area contributed by atoms with Gasteiger partial charge in [-0.15, -0.1) is 0 Å². The van der Waals surface area contributed by atoms with Crippen molar-refractivity contribution in [1.29, 1.82) is 0 Å². The SMILES string of the molecule is Cc1c(Cl)ncnc1-c1cccnc1. The maximum absolute atomic E-state index is 5.89. The summed E-state index contributed by atoms with van der Waals surface area (Å²) in [5.74, 6) is 0. The van der Waals surface area contributed by atoms with Gasteiger partial charge in [-0.1, -0.05) is 11.6 Å². The van der Waals surface area contributed by atoms with E-state index in [9.17, 15) is 0 Å². The van der Waals surface area contributed by atoms with Crippen molar-refractivity contribution in [1.82, 2.24) is 15.0 Å². The van der Waals surface area contributed by atoms with Crippen molar-refractivity contribution in [3.8, 4) is 11.3 Å². The molecule has 0 aliphatic carbocycles. The fourth-order valence-corrected chi connectivity index (χ4v) is 1.36. The Morgan fingerprint density at radius 1 is 1.29 bits per heavy atom. The molecule has 2 rings (SSSR count). The van der Waals surface area contributed by atoms with E-state index in [1.54, 1.807) is 12.4 Å². The van der Waals surface area contributed by atoms with E-state index >= 15 is 0 Å². The lowest BCUT2D eigenvalue weighted by molar-refractivity contribution is 1.13. The fraction of sp³-hybridized carbons (Fsp3) is 0.100. The van der Waals surface area contributed by atoms with Crippen LogP contribution in [-0.4, -0.2) is 15.0 Å². The van der Waals surface area contributed by atoms with Crippen molar-refractivity contribution in [3.63, 3.8) is 0 Å². The maximum Gasteiger partial charge on any atom is 0.135 e. The Labute approximate surface area is 86.8 Å². The lowest BCUT2D eigenvalue weighted by Gasteiger charge is -2.04. The molecule has 2 heterocycles. The van der Waals surface area contributed by atoms with Gasteiger partial charge in [0.2, 0.25) is 0 Å². The van der Waals surface area contributed by atoms with Gasteiger partial charge in [-0.05, 0) is 19.1 Å². The first-order chi connectivity index (χ1) is 6.79. The van der Waals surface area contributed by atoms with Gasteiger partial charge in [-0.3, -0.25) is 4.98 Å². The first-order valence-electron chi connectivity index (χ1n) is 4.16. The fourth-order valence-electron chi connectivity index (χ4n) is 1.22. The molecule has 0 amide bonds. The van der Waals surface area contributed by atoms with Crippen LogP contribution in [0.25, 0.3) is 11.3 Å². The molecule has 0 fully saturated rings. The summed E-state index contributed by atoms with van der Waals surface area (Å²) in [6.45, 7) is 1.89. The highest BCUT2D eigenvalue weighted by atomic mass is 35.5. The van der Waals surface area contributed by atoms with Gasteiger partial charge in [0.05, 0.1) is 5.69 Å². The van der Waals surface area contributed by atoms with Gasteiger partial charge >= 0.3 is 0 Å². The predicted octanol–water partition coefficient (Wildman–Crippen LogP) is 2.50. The van der Waals surface area contributed by atoms with E-state index in [1.807, 2.05) is 19.1 Å². The molecule has 70 valence electrons. The van der Waals surface area contributed by atoms with Crippen LogP contribution in [0.1, 0.15) is 5.56 Å². The van der Waals surface area contributed by atoms with E-state index in [4.69, 9.17) is 11.6 Å². The molecule has 0 atom stereocenters. The Kier molecular flexibility index (Phi) is 2.41. The van der Waals surface area contributed by atoms with E-state index in [0.717, 1.165) is 16.8 Å². The molecule has 0 bridgehead atoms. The average Bonchev–Trinajstić information content (AvgIpc) is 2.23. The summed E-state index contributed by atoms with van der Waals surface area (Å²) in [4.78, 5) is 12.1. The summed E-state index contributed by atoms with van der Waals surface area (Å²) in [5.41, 5.74) is 2.66. The average molecular weight is 206 g/mol. The van der Waals surface area contributed by atoms with Crippen LogP contribution in [0.2, 0.25) is 5.15 Å². The maximum atomic E-state index is 5.89. The molecule has 0 radical (unpaired) electrons. The Morgan fingerprint density at radius 2 is 2.14 bits per heavy atom. The zero-order valence-corrected chi connectivity index (χ0v) is 8.36. The van der Waals surface area contributed by atoms with Crippen molar-refractivity contribution >= 4 is 11.6 Å². The van der Waals surface area contributed by atoms with Crippen molar-refractivity contribution in [2.24, 2.45) is 0 Å². The summed E-state index contributed by atoms with van der Waals surface area (Å²) in [6, 6.07) is 3.81. The number of halogens is 1. The Bertz CT molecular complexity index is 442. The topological polar surface area (TPSA) is 38.7 Å². The molecule has 0 aliphatic heterocycles. The molecule has 0 aliphatic rings. The second kappa shape index (κ2) is 3.72. The summed E-state index contributed by atoms with van der Waals surface area (Å²) >= 11 is 5.89. The highest BCUT2D eigenvalue weighted by Gasteiger charge is 2.06. The predicted molar refractivity (Wildman–Crippen MR) is 55.0 cm³/mol.